The van der Waals surface area contributed by atoms with Crippen LogP contribution >= 0.6 is 12.4 Å². The van der Waals surface area contributed by atoms with Crippen molar-refractivity contribution in [2.75, 3.05) is 6.54 Å². The van der Waals surface area contributed by atoms with Crippen molar-refractivity contribution in [1.29, 1.82) is 0 Å². The minimum absolute atomic E-state index is 0. The van der Waals surface area contributed by atoms with E-state index < -0.39 is 0 Å². The topological polar surface area (TPSA) is 72.9 Å². The van der Waals surface area contributed by atoms with Crippen LogP contribution in [0.2, 0.25) is 0 Å². The molecule has 27 heavy (non-hydrogen) atoms. The highest BCUT2D eigenvalue weighted by molar-refractivity contribution is 5.94. The Morgan fingerprint density at radius 2 is 2.11 bits per heavy atom. The summed E-state index contributed by atoms with van der Waals surface area (Å²) in [6.07, 6.45) is 3.36. The van der Waals surface area contributed by atoms with Crippen LogP contribution in [-0.2, 0) is 12.8 Å². The molecular formula is C20H28ClFN4O. The number of hydrogen-bond donors (Lipinski definition) is 2. The number of rotatable bonds is 6. The van der Waals surface area contributed by atoms with E-state index in [4.69, 9.17) is 5.73 Å². The molecule has 5 nitrogen and oxygen atoms in total. The van der Waals surface area contributed by atoms with E-state index in [9.17, 15) is 9.18 Å². The van der Waals surface area contributed by atoms with Crippen molar-refractivity contribution >= 4 is 18.3 Å². The van der Waals surface area contributed by atoms with Crippen LogP contribution in [0.5, 0.6) is 0 Å². The second kappa shape index (κ2) is 8.85. The number of halogens is 2. The number of nitrogens with one attached hydrogen (secondary N) is 1. The van der Waals surface area contributed by atoms with Gasteiger partial charge in [0.15, 0.2) is 5.69 Å². The number of aryl methyl sites for hydroxylation is 1. The van der Waals surface area contributed by atoms with Gasteiger partial charge in [-0.3, -0.25) is 4.79 Å². The molecule has 3 rings (SSSR count). The van der Waals surface area contributed by atoms with Crippen LogP contribution in [0.4, 0.5) is 4.39 Å². The molecule has 1 aliphatic carbocycles. The average Bonchev–Trinajstić information content (AvgIpc) is 3.16. The third kappa shape index (κ3) is 4.50. The Morgan fingerprint density at radius 3 is 2.74 bits per heavy atom. The van der Waals surface area contributed by atoms with Crippen molar-refractivity contribution < 1.29 is 9.18 Å². The number of nitrogens with zero attached hydrogens (tertiary/aromatic N) is 2. The highest BCUT2D eigenvalue weighted by Gasteiger charge is 2.28. The third-order valence-electron chi connectivity index (χ3n) is 4.85. The van der Waals surface area contributed by atoms with Gasteiger partial charge in [0.1, 0.15) is 11.5 Å². The van der Waals surface area contributed by atoms with Gasteiger partial charge in [-0.2, -0.15) is 5.10 Å². The van der Waals surface area contributed by atoms with Crippen LogP contribution in [0.1, 0.15) is 54.0 Å². The lowest BCUT2D eigenvalue weighted by atomic mass is 10.0. The first kappa shape index (κ1) is 21.4. The Labute approximate surface area is 165 Å². The van der Waals surface area contributed by atoms with Gasteiger partial charge in [0.2, 0.25) is 0 Å². The maximum Gasteiger partial charge on any atom is 0.272 e. The summed E-state index contributed by atoms with van der Waals surface area (Å²) in [5, 5.41) is 7.48. The maximum atomic E-state index is 14.4. The van der Waals surface area contributed by atoms with Crippen LogP contribution in [-0.4, -0.2) is 28.3 Å². The lowest BCUT2D eigenvalue weighted by Gasteiger charge is -2.18. The summed E-state index contributed by atoms with van der Waals surface area (Å²) >= 11 is 0. The number of fused-ring (bicyclic) bond motifs is 1. The number of hydrogen-bond acceptors (Lipinski definition) is 3. The van der Waals surface area contributed by atoms with E-state index >= 15 is 0 Å². The number of carbonyl (C=O) groups excluding carboxylic acids is 1. The number of carbonyl (C=O) groups is 1. The summed E-state index contributed by atoms with van der Waals surface area (Å²) in [6.45, 7) is 6.43. The minimum Gasteiger partial charge on any atom is -0.347 e. The molecule has 1 aromatic heterocycles. The van der Waals surface area contributed by atoms with Gasteiger partial charge >= 0.3 is 0 Å². The predicted octanol–water partition coefficient (Wildman–Crippen LogP) is 3.33. The highest BCUT2D eigenvalue weighted by atomic mass is 35.5. The van der Waals surface area contributed by atoms with E-state index in [2.05, 4.69) is 24.3 Å². The molecule has 3 N–H and O–H groups in total. The van der Waals surface area contributed by atoms with Crippen molar-refractivity contribution in [2.24, 2.45) is 11.7 Å². The van der Waals surface area contributed by atoms with Gasteiger partial charge in [0.25, 0.3) is 5.91 Å². The number of aromatic nitrogens is 2. The SMILES string of the molecule is Cc1ccc(-n2nc(C(=O)NC(CN)CC(C)C)c3c2CCC3)c(F)c1.Cl. The Morgan fingerprint density at radius 1 is 1.37 bits per heavy atom. The molecule has 0 saturated carbocycles. The van der Waals surface area contributed by atoms with E-state index in [0.717, 1.165) is 42.5 Å². The lowest BCUT2D eigenvalue weighted by Crippen LogP contribution is -2.41. The zero-order chi connectivity index (χ0) is 18.8. The minimum atomic E-state index is -0.325. The van der Waals surface area contributed by atoms with Gasteiger partial charge in [0.05, 0.1) is 0 Å². The van der Waals surface area contributed by atoms with Gasteiger partial charge in [-0.15, -0.1) is 12.4 Å². The van der Waals surface area contributed by atoms with Crippen molar-refractivity contribution in [3.05, 3.63) is 46.5 Å². The van der Waals surface area contributed by atoms with Gasteiger partial charge in [-0.25, -0.2) is 9.07 Å². The fourth-order valence-corrected chi connectivity index (χ4v) is 3.64. The number of amides is 1. The van der Waals surface area contributed by atoms with Crippen LogP contribution < -0.4 is 11.1 Å². The molecule has 0 fully saturated rings. The van der Waals surface area contributed by atoms with Crippen LogP contribution in [0, 0.1) is 18.7 Å². The second-order valence-corrected chi connectivity index (χ2v) is 7.53. The molecule has 1 unspecified atom stereocenters. The molecule has 0 radical (unpaired) electrons. The first-order valence-electron chi connectivity index (χ1n) is 9.29. The normalized spacial score (nSPS) is 14.0. The lowest BCUT2D eigenvalue weighted by molar-refractivity contribution is 0.0927. The fourth-order valence-electron chi connectivity index (χ4n) is 3.64. The fraction of sp³-hybridized carbons (Fsp3) is 0.500. The Kier molecular flexibility index (Phi) is 7.00. The monoisotopic (exact) mass is 394 g/mol. The van der Waals surface area contributed by atoms with Gasteiger partial charge < -0.3 is 11.1 Å². The van der Waals surface area contributed by atoms with E-state index in [1.165, 1.54) is 6.07 Å². The molecule has 1 heterocycles. The average molecular weight is 395 g/mol. The zero-order valence-corrected chi connectivity index (χ0v) is 16.9. The number of benzene rings is 1. The molecule has 1 aromatic carbocycles. The second-order valence-electron chi connectivity index (χ2n) is 7.53. The van der Waals surface area contributed by atoms with Gasteiger partial charge in [0, 0.05) is 23.8 Å². The summed E-state index contributed by atoms with van der Waals surface area (Å²) < 4.78 is 16.0. The summed E-state index contributed by atoms with van der Waals surface area (Å²) in [6, 6.07) is 4.99. The summed E-state index contributed by atoms with van der Waals surface area (Å²) in [5.41, 5.74) is 9.32. The molecule has 0 bridgehead atoms. The summed E-state index contributed by atoms with van der Waals surface area (Å²) in [5.74, 6) is -0.104. The quantitative estimate of drug-likeness (QED) is 0.789. The molecule has 148 valence electrons. The van der Waals surface area contributed by atoms with E-state index in [0.29, 0.717) is 23.8 Å². The molecular weight excluding hydrogens is 367 g/mol. The van der Waals surface area contributed by atoms with E-state index in [1.807, 2.05) is 13.0 Å². The molecule has 1 amide bonds. The largest absolute Gasteiger partial charge is 0.347 e. The molecule has 1 atom stereocenters. The number of nitrogens with two attached hydrogens (primary N) is 1. The van der Waals surface area contributed by atoms with Crippen molar-refractivity contribution in [3.63, 3.8) is 0 Å². The van der Waals surface area contributed by atoms with Crippen LogP contribution in [0.3, 0.4) is 0 Å². The zero-order valence-electron chi connectivity index (χ0n) is 16.1. The molecule has 1 aliphatic rings. The standard InChI is InChI=1S/C20H27FN4O.ClH/c1-12(2)9-14(11-22)23-20(26)19-15-5-4-6-17(15)25(24-19)18-8-7-13(3)10-16(18)21;/h7-8,10,12,14H,4-6,9,11,22H2,1-3H3,(H,23,26);1H. The first-order valence-corrected chi connectivity index (χ1v) is 9.29. The van der Waals surface area contributed by atoms with Gasteiger partial charge in [-0.1, -0.05) is 19.9 Å². The summed E-state index contributed by atoms with van der Waals surface area (Å²) in [7, 11) is 0. The Balaban J connectivity index is 0.00000261. The molecule has 0 spiro atoms. The molecule has 2 aromatic rings. The molecule has 0 saturated heterocycles. The molecule has 0 aliphatic heterocycles. The Bertz CT molecular complexity index is 819. The van der Waals surface area contributed by atoms with Crippen LogP contribution in [0.25, 0.3) is 5.69 Å². The Hall–Kier alpha value is -1.92. The van der Waals surface area contributed by atoms with E-state index in [1.54, 1.807) is 10.7 Å². The van der Waals surface area contributed by atoms with Crippen molar-refractivity contribution in [2.45, 2.75) is 52.5 Å². The maximum absolute atomic E-state index is 14.4. The third-order valence-corrected chi connectivity index (χ3v) is 4.85. The first-order chi connectivity index (χ1) is 12.4. The smallest absolute Gasteiger partial charge is 0.272 e. The van der Waals surface area contributed by atoms with Gasteiger partial charge in [-0.05, 0) is 56.2 Å². The van der Waals surface area contributed by atoms with E-state index in [-0.39, 0.29) is 30.2 Å². The van der Waals surface area contributed by atoms with Crippen LogP contribution in [0.15, 0.2) is 18.2 Å². The molecule has 7 heteroatoms. The van der Waals surface area contributed by atoms with Crippen molar-refractivity contribution in [1.82, 2.24) is 15.1 Å². The summed E-state index contributed by atoms with van der Waals surface area (Å²) in [4.78, 5) is 12.8. The predicted molar refractivity (Wildman–Crippen MR) is 107 cm³/mol. The van der Waals surface area contributed by atoms with Crippen molar-refractivity contribution in [3.8, 4) is 5.69 Å². The highest BCUT2D eigenvalue weighted by Crippen LogP contribution is 2.29.